The van der Waals surface area contributed by atoms with Crippen molar-refractivity contribution in [3.05, 3.63) is 35.2 Å². The van der Waals surface area contributed by atoms with Crippen LogP contribution in [-0.4, -0.2) is 13.1 Å². The third-order valence-electron chi connectivity index (χ3n) is 4.07. The highest BCUT2D eigenvalue weighted by Gasteiger charge is 2.25. The Labute approximate surface area is 107 Å². The summed E-state index contributed by atoms with van der Waals surface area (Å²) in [4.78, 5) is 0. The Balaban J connectivity index is 1.78. The maximum Gasteiger partial charge on any atom is 0.0345 e. The molecule has 1 nitrogen and oxygen atoms in total. The standard InChI is InChI=1S/C15H19NS/c1-16-14(12-3-2-4-12)9-11-5-6-13-7-8-17-15(13)10-11/h5-8,10,12,14,16H,2-4,9H2,1H3. The van der Waals surface area contributed by atoms with E-state index >= 15 is 0 Å². The van der Waals surface area contributed by atoms with Crippen molar-refractivity contribution in [1.29, 1.82) is 0 Å². The van der Waals surface area contributed by atoms with Gasteiger partial charge in [0.2, 0.25) is 0 Å². The first-order valence-corrected chi connectivity index (χ1v) is 7.38. The normalized spacial score (nSPS) is 18.2. The summed E-state index contributed by atoms with van der Waals surface area (Å²) >= 11 is 1.84. The second-order valence-corrected chi connectivity index (χ2v) is 6.03. The van der Waals surface area contributed by atoms with Gasteiger partial charge in [0.1, 0.15) is 0 Å². The van der Waals surface area contributed by atoms with E-state index in [2.05, 4.69) is 42.0 Å². The average molecular weight is 245 g/mol. The van der Waals surface area contributed by atoms with Gasteiger partial charge in [-0.25, -0.2) is 0 Å². The number of hydrogen-bond donors (Lipinski definition) is 1. The minimum atomic E-state index is 0.668. The molecule has 0 amide bonds. The van der Waals surface area contributed by atoms with Crippen molar-refractivity contribution in [3.63, 3.8) is 0 Å². The van der Waals surface area contributed by atoms with E-state index in [9.17, 15) is 0 Å². The van der Waals surface area contributed by atoms with Gasteiger partial charge in [-0.1, -0.05) is 18.6 Å². The maximum absolute atomic E-state index is 3.50. The first-order valence-electron chi connectivity index (χ1n) is 6.50. The molecule has 1 heterocycles. The molecule has 1 fully saturated rings. The SMILES string of the molecule is CNC(Cc1ccc2ccsc2c1)C1CCC1. The molecular formula is C15H19NS. The molecule has 0 saturated heterocycles. The van der Waals surface area contributed by atoms with Gasteiger partial charge in [0.05, 0.1) is 0 Å². The van der Waals surface area contributed by atoms with E-state index in [1.165, 1.54) is 41.3 Å². The van der Waals surface area contributed by atoms with Gasteiger partial charge in [0, 0.05) is 10.7 Å². The van der Waals surface area contributed by atoms with Crippen molar-refractivity contribution in [3.8, 4) is 0 Å². The number of thiophene rings is 1. The number of fused-ring (bicyclic) bond motifs is 1. The zero-order chi connectivity index (χ0) is 11.7. The fraction of sp³-hybridized carbons (Fsp3) is 0.467. The molecule has 90 valence electrons. The van der Waals surface area contributed by atoms with Crippen LogP contribution in [0.25, 0.3) is 10.1 Å². The van der Waals surface area contributed by atoms with Crippen molar-refractivity contribution < 1.29 is 0 Å². The Morgan fingerprint density at radius 1 is 1.35 bits per heavy atom. The summed E-state index contributed by atoms with van der Waals surface area (Å²) in [5, 5.41) is 7.05. The minimum absolute atomic E-state index is 0.668. The first-order chi connectivity index (χ1) is 8.36. The van der Waals surface area contributed by atoms with E-state index < -0.39 is 0 Å². The van der Waals surface area contributed by atoms with Crippen LogP contribution in [0.2, 0.25) is 0 Å². The van der Waals surface area contributed by atoms with Crippen molar-refractivity contribution in [2.75, 3.05) is 7.05 Å². The lowest BCUT2D eigenvalue weighted by Crippen LogP contribution is -2.38. The Kier molecular flexibility index (Phi) is 3.17. The molecule has 1 aromatic heterocycles. The molecule has 17 heavy (non-hydrogen) atoms. The van der Waals surface area contributed by atoms with E-state index in [4.69, 9.17) is 0 Å². The molecule has 0 bridgehead atoms. The van der Waals surface area contributed by atoms with Gasteiger partial charge in [-0.15, -0.1) is 11.3 Å². The molecule has 1 N–H and O–H groups in total. The highest BCUT2D eigenvalue weighted by atomic mass is 32.1. The van der Waals surface area contributed by atoms with Gasteiger partial charge in [-0.2, -0.15) is 0 Å². The number of rotatable bonds is 4. The lowest BCUT2D eigenvalue weighted by Gasteiger charge is -2.33. The molecule has 0 aliphatic heterocycles. The van der Waals surface area contributed by atoms with Crippen molar-refractivity contribution in [2.45, 2.75) is 31.7 Å². The van der Waals surface area contributed by atoms with Gasteiger partial charge >= 0.3 is 0 Å². The van der Waals surface area contributed by atoms with Crippen LogP contribution in [-0.2, 0) is 6.42 Å². The molecular weight excluding hydrogens is 226 g/mol. The minimum Gasteiger partial charge on any atom is -0.316 e. The van der Waals surface area contributed by atoms with Crippen LogP contribution in [0.1, 0.15) is 24.8 Å². The number of likely N-dealkylation sites (N-methyl/N-ethyl adjacent to an activating group) is 1. The zero-order valence-electron chi connectivity index (χ0n) is 10.3. The molecule has 0 radical (unpaired) electrons. The topological polar surface area (TPSA) is 12.0 Å². The second-order valence-electron chi connectivity index (χ2n) is 5.08. The summed E-state index contributed by atoms with van der Waals surface area (Å²) in [5.74, 6) is 0.902. The number of hydrogen-bond acceptors (Lipinski definition) is 2. The molecule has 1 saturated carbocycles. The van der Waals surface area contributed by atoms with Crippen LogP contribution in [0.3, 0.4) is 0 Å². The molecule has 1 unspecified atom stereocenters. The highest BCUT2D eigenvalue weighted by molar-refractivity contribution is 7.17. The van der Waals surface area contributed by atoms with Gasteiger partial charge < -0.3 is 5.32 Å². The fourth-order valence-corrected chi connectivity index (χ4v) is 3.58. The van der Waals surface area contributed by atoms with Crippen LogP contribution >= 0.6 is 11.3 Å². The van der Waals surface area contributed by atoms with E-state index in [1.807, 2.05) is 11.3 Å². The lowest BCUT2D eigenvalue weighted by molar-refractivity contribution is 0.236. The van der Waals surface area contributed by atoms with E-state index in [-0.39, 0.29) is 0 Å². The van der Waals surface area contributed by atoms with Crippen LogP contribution in [0.5, 0.6) is 0 Å². The predicted molar refractivity (Wildman–Crippen MR) is 75.7 cm³/mol. The molecule has 1 aliphatic carbocycles. The summed E-state index contributed by atoms with van der Waals surface area (Å²) in [7, 11) is 2.10. The summed E-state index contributed by atoms with van der Waals surface area (Å²) < 4.78 is 1.42. The van der Waals surface area contributed by atoms with Gasteiger partial charge in [-0.05, 0) is 60.7 Å². The summed E-state index contributed by atoms with van der Waals surface area (Å²) in [6.07, 6.45) is 5.42. The fourth-order valence-electron chi connectivity index (χ4n) is 2.73. The van der Waals surface area contributed by atoms with Crippen LogP contribution < -0.4 is 5.32 Å². The van der Waals surface area contributed by atoms with Gasteiger partial charge in [-0.3, -0.25) is 0 Å². The molecule has 1 aliphatic rings. The molecule has 1 atom stereocenters. The summed E-state index contributed by atoms with van der Waals surface area (Å²) in [5.41, 5.74) is 1.48. The molecule has 2 aromatic rings. The molecule has 0 spiro atoms. The van der Waals surface area contributed by atoms with Crippen LogP contribution in [0, 0.1) is 5.92 Å². The van der Waals surface area contributed by atoms with Gasteiger partial charge in [0.25, 0.3) is 0 Å². The summed E-state index contributed by atoms with van der Waals surface area (Å²) in [6, 6.07) is 9.78. The second kappa shape index (κ2) is 4.79. The van der Waals surface area contributed by atoms with E-state index in [0.717, 1.165) is 5.92 Å². The Hall–Kier alpha value is -0.860. The Morgan fingerprint density at radius 3 is 2.94 bits per heavy atom. The predicted octanol–water partition coefficient (Wildman–Crippen LogP) is 3.83. The van der Waals surface area contributed by atoms with Crippen molar-refractivity contribution in [1.82, 2.24) is 5.32 Å². The quantitative estimate of drug-likeness (QED) is 0.863. The van der Waals surface area contributed by atoms with E-state index in [1.54, 1.807) is 0 Å². The first kappa shape index (κ1) is 11.2. The largest absolute Gasteiger partial charge is 0.316 e. The third kappa shape index (κ3) is 2.24. The number of benzene rings is 1. The summed E-state index contributed by atoms with van der Waals surface area (Å²) in [6.45, 7) is 0. The van der Waals surface area contributed by atoms with Crippen molar-refractivity contribution >= 4 is 21.4 Å². The number of nitrogens with one attached hydrogen (secondary N) is 1. The average Bonchev–Trinajstić information content (AvgIpc) is 2.72. The Bertz CT molecular complexity index is 498. The van der Waals surface area contributed by atoms with Crippen LogP contribution in [0.4, 0.5) is 0 Å². The lowest BCUT2D eigenvalue weighted by atomic mass is 9.77. The smallest absolute Gasteiger partial charge is 0.0345 e. The van der Waals surface area contributed by atoms with Gasteiger partial charge in [0.15, 0.2) is 0 Å². The third-order valence-corrected chi connectivity index (χ3v) is 4.95. The monoisotopic (exact) mass is 245 g/mol. The van der Waals surface area contributed by atoms with E-state index in [0.29, 0.717) is 6.04 Å². The maximum atomic E-state index is 3.50. The molecule has 1 aromatic carbocycles. The molecule has 3 rings (SSSR count). The molecule has 2 heteroatoms. The zero-order valence-corrected chi connectivity index (χ0v) is 11.1. The van der Waals surface area contributed by atoms with Crippen molar-refractivity contribution in [2.24, 2.45) is 5.92 Å². The Morgan fingerprint density at radius 2 is 2.24 bits per heavy atom. The highest BCUT2D eigenvalue weighted by Crippen LogP contribution is 2.31. The van der Waals surface area contributed by atoms with Crippen LogP contribution in [0.15, 0.2) is 29.6 Å².